The van der Waals surface area contributed by atoms with E-state index in [1.165, 1.54) is 12.1 Å². The van der Waals surface area contributed by atoms with Crippen molar-refractivity contribution in [3.63, 3.8) is 0 Å². The molecule has 0 saturated heterocycles. The van der Waals surface area contributed by atoms with Crippen molar-refractivity contribution in [2.45, 2.75) is 18.9 Å². The molecule has 11 nitrogen and oxygen atoms in total. The molecule has 1 aromatic carbocycles. The molecular weight excluding hydrogens is 467 g/mol. The third kappa shape index (κ3) is 4.89. The molecule has 0 unspecified atom stereocenters. The Balaban J connectivity index is 1.61. The number of aromatic amines is 2. The lowest BCUT2D eigenvalue weighted by Crippen LogP contribution is -2.31. The van der Waals surface area contributed by atoms with E-state index >= 15 is 0 Å². The van der Waals surface area contributed by atoms with Gasteiger partial charge in [-0.3, -0.25) is 14.8 Å². The summed E-state index contributed by atoms with van der Waals surface area (Å²) in [6.07, 6.45) is 5.05. The van der Waals surface area contributed by atoms with Crippen LogP contribution in [-0.4, -0.2) is 73.7 Å². The standard InChI is InChI=1S/C24H25FN8O3/c1-32(2)8-7-26-22(34)16-9-13(3-6-17(16)25)18-11-20(28-15-4-5-15)33-21(29-18)14(12-27-33)10-19-23(35)31-24(36)30-19/h3,6,9-12,15,35H,4-5,7-8H2,1-2H3,(H,26,34)(H2,30,31,36)/b14-10+,28-20?. The van der Waals surface area contributed by atoms with Crippen LogP contribution < -0.4 is 21.7 Å². The van der Waals surface area contributed by atoms with Crippen molar-refractivity contribution in [3.05, 3.63) is 68.7 Å². The lowest BCUT2D eigenvalue weighted by Gasteiger charge is -2.11. The summed E-state index contributed by atoms with van der Waals surface area (Å²) in [6, 6.07) is 6.21. The molecule has 4 N–H and O–H groups in total. The monoisotopic (exact) mass is 492 g/mol. The Bertz CT molecular complexity index is 1630. The molecule has 1 amide bonds. The third-order valence-electron chi connectivity index (χ3n) is 5.73. The van der Waals surface area contributed by atoms with Gasteiger partial charge in [0.2, 0.25) is 5.88 Å². The number of hydrogen-bond acceptors (Lipinski definition) is 7. The highest BCUT2D eigenvalue weighted by Crippen LogP contribution is 2.23. The number of benzene rings is 1. The second-order valence-corrected chi connectivity index (χ2v) is 8.93. The number of carbonyl (C=O) groups is 1. The maximum atomic E-state index is 14.5. The van der Waals surface area contributed by atoms with Crippen LogP contribution in [0.1, 0.15) is 28.9 Å². The predicted octanol–water partition coefficient (Wildman–Crippen LogP) is 0.160. The Morgan fingerprint density at radius 2 is 2.14 bits per heavy atom. The summed E-state index contributed by atoms with van der Waals surface area (Å²) in [4.78, 5) is 40.3. The number of aromatic nitrogens is 5. The minimum atomic E-state index is -0.629. The van der Waals surface area contributed by atoms with Crippen molar-refractivity contribution in [3.8, 4) is 17.1 Å². The molecule has 36 heavy (non-hydrogen) atoms. The number of likely N-dealkylation sites (N-methyl/N-ethyl adjacent to an activating group) is 1. The van der Waals surface area contributed by atoms with Crippen LogP contribution in [-0.2, 0) is 0 Å². The van der Waals surface area contributed by atoms with Crippen molar-refractivity contribution in [1.29, 1.82) is 0 Å². The molecule has 0 spiro atoms. The molecule has 3 heterocycles. The van der Waals surface area contributed by atoms with Gasteiger partial charge in [0, 0.05) is 29.9 Å². The highest BCUT2D eigenvalue weighted by Gasteiger charge is 2.21. The van der Waals surface area contributed by atoms with Gasteiger partial charge in [-0.05, 0) is 51.2 Å². The van der Waals surface area contributed by atoms with Crippen LogP contribution in [0.3, 0.4) is 0 Å². The molecule has 0 aliphatic heterocycles. The molecule has 4 aromatic rings. The lowest BCUT2D eigenvalue weighted by molar-refractivity contribution is 0.0947. The second kappa shape index (κ2) is 9.38. The van der Waals surface area contributed by atoms with E-state index in [9.17, 15) is 19.1 Å². The lowest BCUT2D eigenvalue weighted by atomic mass is 10.1. The smallest absolute Gasteiger partial charge is 0.326 e. The van der Waals surface area contributed by atoms with Crippen molar-refractivity contribution in [2.75, 3.05) is 27.2 Å². The minimum Gasteiger partial charge on any atom is -0.493 e. The largest absolute Gasteiger partial charge is 0.493 e. The Morgan fingerprint density at radius 1 is 1.33 bits per heavy atom. The molecule has 0 atom stereocenters. The van der Waals surface area contributed by atoms with E-state index in [1.807, 2.05) is 19.0 Å². The Morgan fingerprint density at radius 3 is 2.83 bits per heavy atom. The molecule has 0 bridgehead atoms. The fourth-order valence-corrected chi connectivity index (χ4v) is 3.69. The molecule has 1 aliphatic carbocycles. The number of rotatable bonds is 7. The quantitative estimate of drug-likeness (QED) is 0.289. The number of imidazole rings is 1. The SMILES string of the molecule is CN(C)CCNC(=O)c1cc(-c2cc(=NC3CC3)n3nc/c(=C\c4[nH]c(=O)[nH]c4O)c3n2)ccc1F. The molecule has 1 fully saturated rings. The fraction of sp³-hybridized carbons (Fsp3) is 0.292. The Kier molecular flexibility index (Phi) is 6.10. The summed E-state index contributed by atoms with van der Waals surface area (Å²) < 4.78 is 16.1. The summed E-state index contributed by atoms with van der Waals surface area (Å²) in [5, 5.41) is 17.6. The Hall–Kier alpha value is -4.32. The summed E-state index contributed by atoms with van der Waals surface area (Å²) >= 11 is 0. The number of fused-ring (bicyclic) bond motifs is 1. The number of nitrogens with one attached hydrogen (secondary N) is 3. The van der Waals surface area contributed by atoms with Gasteiger partial charge >= 0.3 is 5.69 Å². The van der Waals surface area contributed by atoms with Gasteiger partial charge in [-0.15, -0.1) is 0 Å². The topological polar surface area (TPSA) is 144 Å². The summed E-state index contributed by atoms with van der Waals surface area (Å²) in [6.45, 7) is 1.01. The second-order valence-electron chi connectivity index (χ2n) is 8.93. The van der Waals surface area contributed by atoms with E-state index in [2.05, 4.69) is 20.4 Å². The van der Waals surface area contributed by atoms with Crippen molar-refractivity contribution in [1.82, 2.24) is 34.8 Å². The first-order valence-electron chi connectivity index (χ1n) is 11.5. The predicted molar refractivity (Wildman–Crippen MR) is 130 cm³/mol. The van der Waals surface area contributed by atoms with Gasteiger partial charge in [0.1, 0.15) is 11.5 Å². The fourth-order valence-electron chi connectivity index (χ4n) is 3.69. The van der Waals surface area contributed by atoms with Gasteiger partial charge in [-0.25, -0.2) is 14.2 Å². The highest BCUT2D eigenvalue weighted by molar-refractivity contribution is 5.95. The van der Waals surface area contributed by atoms with E-state index in [1.54, 1.807) is 28.9 Å². The molecule has 1 aliphatic rings. The molecular formula is C24H25FN8O3. The van der Waals surface area contributed by atoms with E-state index < -0.39 is 17.4 Å². The minimum absolute atomic E-state index is 0.0799. The van der Waals surface area contributed by atoms with Crippen molar-refractivity contribution >= 4 is 17.6 Å². The van der Waals surface area contributed by atoms with Crippen LogP contribution in [0, 0.1) is 5.82 Å². The van der Waals surface area contributed by atoms with Gasteiger partial charge in [0.05, 0.1) is 23.5 Å². The van der Waals surface area contributed by atoms with E-state index in [0.29, 0.717) is 40.7 Å². The van der Waals surface area contributed by atoms with Crippen molar-refractivity contribution < 1.29 is 14.3 Å². The van der Waals surface area contributed by atoms with E-state index in [4.69, 9.17) is 9.98 Å². The average Bonchev–Trinajstić information content (AvgIpc) is 3.47. The number of amides is 1. The summed E-state index contributed by atoms with van der Waals surface area (Å²) in [7, 11) is 3.77. The van der Waals surface area contributed by atoms with Gasteiger partial charge < -0.3 is 20.3 Å². The normalized spacial score (nSPS) is 14.8. The van der Waals surface area contributed by atoms with Gasteiger partial charge in [-0.2, -0.15) is 9.61 Å². The number of carbonyl (C=O) groups excluding carboxylic acids is 1. The average molecular weight is 493 g/mol. The van der Waals surface area contributed by atoms with Crippen LogP contribution in [0.2, 0.25) is 0 Å². The van der Waals surface area contributed by atoms with Crippen LogP contribution in [0.4, 0.5) is 4.39 Å². The molecule has 3 aromatic heterocycles. The Labute approximate surface area is 204 Å². The number of H-pyrrole nitrogens is 2. The maximum Gasteiger partial charge on any atom is 0.326 e. The summed E-state index contributed by atoms with van der Waals surface area (Å²) in [5.41, 5.74) is 1.56. The first-order chi connectivity index (χ1) is 17.3. The van der Waals surface area contributed by atoms with Gasteiger partial charge in [-0.1, -0.05) is 0 Å². The number of nitrogens with zero attached hydrogens (tertiary/aromatic N) is 5. The van der Waals surface area contributed by atoms with Crippen LogP contribution in [0.25, 0.3) is 23.0 Å². The third-order valence-corrected chi connectivity index (χ3v) is 5.73. The molecule has 1 saturated carbocycles. The van der Waals surface area contributed by atoms with Crippen molar-refractivity contribution in [2.24, 2.45) is 4.99 Å². The van der Waals surface area contributed by atoms with Crippen LogP contribution in [0.15, 0.2) is 40.2 Å². The number of aromatic hydroxyl groups is 1. The molecule has 186 valence electrons. The maximum absolute atomic E-state index is 14.5. The first kappa shape index (κ1) is 23.4. The van der Waals surface area contributed by atoms with Gasteiger partial charge in [0.25, 0.3) is 5.91 Å². The van der Waals surface area contributed by atoms with E-state index in [-0.39, 0.29) is 23.2 Å². The molecule has 5 rings (SSSR count). The van der Waals surface area contributed by atoms with Gasteiger partial charge in [0.15, 0.2) is 11.1 Å². The van der Waals surface area contributed by atoms with E-state index in [0.717, 1.165) is 12.8 Å². The zero-order chi connectivity index (χ0) is 25.4. The number of hydrogen-bond donors (Lipinski definition) is 4. The highest BCUT2D eigenvalue weighted by atomic mass is 19.1. The molecule has 0 radical (unpaired) electrons. The van der Waals surface area contributed by atoms with Crippen LogP contribution >= 0.6 is 0 Å². The molecule has 12 heteroatoms. The van der Waals surface area contributed by atoms with Crippen LogP contribution in [0.5, 0.6) is 5.88 Å². The first-order valence-corrected chi connectivity index (χ1v) is 11.5. The number of halogens is 1. The zero-order valence-electron chi connectivity index (χ0n) is 19.7. The summed E-state index contributed by atoms with van der Waals surface area (Å²) in [5.74, 6) is -1.44. The zero-order valence-corrected chi connectivity index (χ0v) is 19.7.